The van der Waals surface area contributed by atoms with Gasteiger partial charge in [0.1, 0.15) is 5.75 Å². The van der Waals surface area contributed by atoms with Crippen molar-refractivity contribution in [2.24, 2.45) is 0 Å². The van der Waals surface area contributed by atoms with Crippen molar-refractivity contribution >= 4 is 16.7 Å². The van der Waals surface area contributed by atoms with Gasteiger partial charge in [0.15, 0.2) is 18.1 Å². The summed E-state index contributed by atoms with van der Waals surface area (Å²) in [6.45, 7) is 3.88. The van der Waals surface area contributed by atoms with Gasteiger partial charge in [0.05, 0.1) is 12.0 Å². The summed E-state index contributed by atoms with van der Waals surface area (Å²) < 4.78 is 23.3. The number of ether oxygens (including phenoxy) is 4. The Bertz CT molecular complexity index is 1140. The number of amides is 1. The number of pyridine rings is 1. The zero-order chi connectivity index (χ0) is 21.6. The summed E-state index contributed by atoms with van der Waals surface area (Å²) >= 11 is 0. The highest BCUT2D eigenvalue weighted by molar-refractivity contribution is 5.88. The van der Waals surface area contributed by atoms with Crippen LogP contribution in [-0.4, -0.2) is 37.1 Å². The molecule has 31 heavy (non-hydrogen) atoms. The Labute approximate surface area is 179 Å². The van der Waals surface area contributed by atoms with Gasteiger partial charge in [0.2, 0.25) is 6.79 Å². The minimum absolute atomic E-state index is 0.116. The summed E-state index contributed by atoms with van der Waals surface area (Å²) in [5.74, 6) is 1.60. The summed E-state index contributed by atoms with van der Waals surface area (Å²) in [6.07, 6.45) is 1.72. The van der Waals surface area contributed by atoms with Crippen LogP contribution in [0.4, 0.5) is 0 Å². The molecule has 1 amide bonds. The lowest BCUT2D eigenvalue weighted by molar-refractivity contribution is -0.123. The maximum Gasteiger partial charge on any atom is 0.258 e. The van der Waals surface area contributed by atoms with Crippen LogP contribution in [0.5, 0.6) is 17.2 Å². The van der Waals surface area contributed by atoms with E-state index >= 15 is 0 Å². The number of nitrogens with one attached hydrogen (secondary N) is 1. The van der Waals surface area contributed by atoms with Crippen LogP contribution in [-0.2, 0) is 22.6 Å². The van der Waals surface area contributed by atoms with E-state index in [1.54, 1.807) is 29.0 Å². The molecule has 8 heteroatoms. The van der Waals surface area contributed by atoms with Gasteiger partial charge < -0.3 is 28.8 Å². The number of aromatic nitrogens is 1. The van der Waals surface area contributed by atoms with Gasteiger partial charge in [-0.05, 0) is 42.8 Å². The molecule has 2 aromatic carbocycles. The first-order valence-corrected chi connectivity index (χ1v) is 10.1. The lowest BCUT2D eigenvalue weighted by Gasteiger charge is -2.12. The third kappa shape index (κ3) is 4.80. The fraction of sp³-hybridized carbons (Fsp3) is 0.304. The zero-order valence-corrected chi connectivity index (χ0v) is 17.3. The molecule has 1 N–H and O–H groups in total. The second-order valence-electron chi connectivity index (χ2n) is 6.98. The Morgan fingerprint density at radius 2 is 2.00 bits per heavy atom. The van der Waals surface area contributed by atoms with Crippen molar-refractivity contribution in [3.8, 4) is 17.2 Å². The molecule has 0 bridgehead atoms. The van der Waals surface area contributed by atoms with E-state index in [9.17, 15) is 9.59 Å². The van der Waals surface area contributed by atoms with Gasteiger partial charge in [-0.15, -0.1) is 0 Å². The maximum atomic E-state index is 12.7. The van der Waals surface area contributed by atoms with Crippen LogP contribution in [0.1, 0.15) is 12.5 Å². The Kier molecular flexibility index (Phi) is 6.37. The second kappa shape index (κ2) is 9.53. The van der Waals surface area contributed by atoms with E-state index in [1.165, 1.54) is 0 Å². The molecule has 1 aliphatic heterocycles. The molecule has 0 unspecified atom stereocenters. The molecular formula is C23H24N2O6. The third-order valence-corrected chi connectivity index (χ3v) is 4.94. The molecule has 0 saturated carbocycles. The summed E-state index contributed by atoms with van der Waals surface area (Å²) in [5, 5.41) is 4.03. The highest BCUT2D eigenvalue weighted by atomic mass is 16.7. The van der Waals surface area contributed by atoms with Crippen molar-refractivity contribution < 1.29 is 23.7 Å². The molecule has 0 aliphatic carbocycles. The van der Waals surface area contributed by atoms with Gasteiger partial charge >= 0.3 is 0 Å². The molecule has 0 radical (unpaired) electrons. The van der Waals surface area contributed by atoms with E-state index < -0.39 is 0 Å². The van der Waals surface area contributed by atoms with Crippen LogP contribution in [0.2, 0.25) is 0 Å². The van der Waals surface area contributed by atoms with Crippen LogP contribution < -0.4 is 25.1 Å². The second-order valence-corrected chi connectivity index (χ2v) is 6.98. The van der Waals surface area contributed by atoms with E-state index in [2.05, 4.69) is 5.32 Å². The molecule has 4 rings (SSSR count). The van der Waals surface area contributed by atoms with E-state index in [1.807, 2.05) is 31.2 Å². The molecule has 2 heterocycles. The molecule has 0 atom stereocenters. The van der Waals surface area contributed by atoms with Gasteiger partial charge in [-0.3, -0.25) is 9.59 Å². The average Bonchev–Trinajstić information content (AvgIpc) is 3.26. The SMILES string of the molecule is CCOCCn1ccc2c(OCC(=O)NCc3ccc4c(c3)OCO4)cccc2c1=O. The first-order valence-electron chi connectivity index (χ1n) is 10.1. The lowest BCUT2D eigenvalue weighted by Crippen LogP contribution is -2.28. The maximum absolute atomic E-state index is 12.7. The van der Waals surface area contributed by atoms with E-state index in [0.717, 1.165) is 5.56 Å². The quantitative estimate of drug-likeness (QED) is 0.531. The summed E-state index contributed by atoms with van der Waals surface area (Å²) in [6, 6.07) is 12.6. The number of hydrogen-bond acceptors (Lipinski definition) is 6. The Morgan fingerprint density at radius 3 is 2.87 bits per heavy atom. The molecular weight excluding hydrogens is 400 g/mol. The monoisotopic (exact) mass is 424 g/mol. The summed E-state index contributed by atoms with van der Waals surface area (Å²) in [5.41, 5.74) is 0.783. The number of rotatable bonds is 9. The standard InChI is InChI=1S/C23H24N2O6/c1-2-28-11-10-25-9-8-17-18(23(25)27)4-3-5-19(17)29-14-22(26)24-13-16-6-7-20-21(12-16)31-15-30-20/h3-9,12H,2,10-11,13-15H2,1H3,(H,24,26). The molecule has 8 nitrogen and oxygen atoms in total. The number of carbonyl (C=O) groups excluding carboxylic acids is 1. The van der Waals surface area contributed by atoms with Crippen LogP contribution in [0.3, 0.4) is 0 Å². The molecule has 0 saturated heterocycles. The first kappa shape index (κ1) is 20.7. The van der Waals surface area contributed by atoms with E-state index in [-0.39, 0.29) is 24.9 Å². The molecule has 1 aromatic heterocycles. The smallest absolute Gasteiger partial charge is 0.258 e. The average molecular weight is 424 g/mol. The van der Waals surface area contributed by atoms with Crippen molar-refractivity contribution in [3.05, 3.63) is 64.6 Å². The normalized spacial score (nSPS) is 12.2. The summed E-state index contributed by atoms with van der Waals surface area (Å²) in [4.78, 5) is 25.0. The number of nitrogens with zero attached hydrogens (tertiary/aromatic N) is 1. The molecule has 0 fully saturated rings. The molecule has 1 aliphatic rings. The van der Waals surface area contributed by atoms with Gasteiger partial charge in [-0.1, -0.05) is 12.1 Å². The number of carbonyl (C=O) groups is 1. The minimum Gasteiger partial charge on any atom is -0.483 e. The molecule has 162 valence electrons. The van der Waals surface area contributed by atoms with Crippen LogP contribution in [0.25, 0.3) is 10.8 Å². The predicted molar refractivity (Wildman–Crippen MR) is 115 cm³/mol. The molecule has 3 aromatic rings. The number of benzene rings is 2. The highest BCUT2D eigenvalue weighted by Crippen LogP contribution is 2.32. The summed E-state index contributed by atoms with van der Waals surface area (Å²) in [7, 11) is 0. The Balaban J connectivity index is 1.37. The fourth-order valence-corrected chi connectivity index (χ4v) is 3.34. The van der Waals surface area contributed by atoms with Crippen molar-refractivity contribution in [2.45, 2.75) is 20.0 Å². The Morgan fingerprint density at radius 1 is 1.13 bits per heavy atom. The van der Waals surface area contributed by atoms with Crippen LogP contribution in [0.15, 0.2) is 53.5 Å². The van der Waals surface area contributed by atoms with Gasteiger partial charge in [0, 0.05) is 31.3 Å². The van der Waals surface area contributed by atoms with Crippen molar-refractivity contribution in [1.82, 2.24) is 9.88 Å². The largest absolute Gasteiger partial charge is 0.483 e. The topological polar surface area (TPSA) is 88.0 Å². The predicted octanol–water partition coefficient (Wildman–Crippen LogP) is 2.46. The van der Waals surface area contributed by atoms with Gasteiger partial charge in [-0.25, -0.2) is 0 Å². The van der Waals surface area contributed by atoms with Crippen molar-refractivity contribution in [2.75, 3.05) is 26.6 Å². The van der Waals surface area contributed by atoms with E-state index in [0.29, 0.717) is 54.3 Å². The van der Waals surface area contributed by atoms with E-state index in [4.69, 9.17) is 18.9 Å². The Hall–Kier alpha value is -3.52. The van der Waals surface area contributed by atoms with Gasteiger partial charge in [-0.2, -0.15) is 0 Å². The van der Waals surface area contributed by atoms with Gasteiger partial charge in [0.25, 0.3) is 11.5 Å². The van der Waals surface area contributed by atoms with Crippen LogP contribution in [0, 0.1) is 0 Å². The molecule has 0 spiro atoms. The minimum atomic E-state index is -0.264. The van der Waals surface area contributed by atoms with Crippen molar-refractivity contribution in [3.63, 3.8) is 0 Å². The van der Waals surface area contributed by atoms with Crippen LogP contribution >= 0.6 is 0 Å². The third-order valence-electron chi connectivity index (χ3n) is 4.94. The van der Waals surface area contributed by atoms with Crippen molar-refractivity contribution in [1.29, 1.82) is 0 Å². The number of hydrogen-bond donors (Lipinski definition) is 1. The number of fused-ring (bicyclic) bond motifs is 2. The first-order chi connectivity index (χ1) is 15.2. The zero-order valence-electron chi connectivity index (χ0n) is 17.3. The fourth-order valence-electron chi connectivity index (χ4n) is 3.34. The lowest BCUT2D eigenvalue weighted by atomic mass is 10.1. The highest BCUT2D eigenvalue weighted by Gasteiger charge is 2.14.